The third-order valence-corrected chi connectivity index (χ3v) is 4.44. The maximum atomic E-state index is 5.98. The molecule has 4 rings (SSSR count). The van der Waals surface area contributed by atoms with Crippen molar-refractivity contribution in [3.05, 3.63) is 47.7 Å². The summed E-state index contributed by atoms with van der Waals surface area (Å²) < 4.78 is 11.7. The van der Waals surface area contributed by atoms with Crippen LogP contribution in [0.2, 0.25) is 0 Å². The normalized spacial score (nSPS) is 17.0. The van der Waals surface area contributed by atoms with Crippen molar-refractivity contribution in [3.8, 4) is 11.5 Å². The van der Waals surface area contributed by atoms with Crippen LogP contribution in [0, 0.1) is 0 Å². The highest BCUT2D eigenvalue weighted by molar-refractivity contribution is 7.16. The smallest absolute Gasteiger partial charge is 0.161 e. The summed E-state index contributed by atoms with van der Waals surface area (Å²) >= 11 is 1.65. The molecule has 0 radical (unpaired) electrons. The summed E-state index contributed by atoms with van der Waals surface area (Å²) in [7, 11) is 0. The van der Waals surface area contributed by atoms with Gasteiger partial charge >= 0.3 is 0 Å². The Balaban J connectivity index is 1.47. The van der Waals surface area contributed by atoms with Gasteiger partial charge in [0.05, 0.1) is 5.69 Å². The van der Waals surface area contributed by atoms with Gasteiger partial charge in [0, 0.05) is 5.39 Å². The minimum absolute atomic E-state index is 0.0727. The van der Waals surface area contributed by atoms with Gasteiger partial charge in [0.2, 0.25) is 0 Å². The van der Waals surface area contributed by atoms with Crippen LogP contribution in [0.25, 0.3) is 10.2 Å². The van der Waals surface area contributed by atoms with E-state index in [-0.39, 0.29) is 6.10 Å². The first-order valence-electron chi connectivity index (χ1n) is 6.96. The minimum Gasteiger partial charge on any atom is -0.486 e. The summed E-state index contributed by atoms with van der Waals surface area (Å²) in [5.41, 5.74) is 1.09. The zero-order valence-electron chi connectivity index (χ0n) is 11.4. The van der Waals surface area contributed by atoms with Gasteiger partial charge in [-0.15, -0.1) is 11.3 Å². The van der Waals surface area contributed by atoms with Crippen LogP contribution in [-0.2, 0) is 6.42 Å². The Kier molecular flexibility index (Phi) is 3.20. The summed E-state index contributed by atoms with van der Waals surface area (Å²) in [5, 5.41) is 3.21. The van der Waals surface area contributed by atoms with Crippen molar-refractivity contribution >= 4 is 21.6 Å². The number of rotatable bonds is 3. The van der Waals surface area contributed by atoms with Gasteiger partial charge < -0.3 is 9.47 Å². The third-order valence-electron chi connectivity index (χ3n) is 3.61. The third kappa shape index (κ3) is 2.45. The maximum absolute atomic E-state index is 5.98. The number of aromatic nitrogens is 2. The Morgan fingerprint density at radius 1 is 1.14 bits per heavy atom. The van der Waals surface area contributed by atoms with Crippen molar-refractivity contribution in [2.24, 2.45) is 0 Å². The quantitative estimate of drug-likeness (QED) is 0.742. The van der Waals surface area contributed by atoms with E-state index in [0.717, 1.165) is 40.3 Å². The van der Waals surface area contributed by atoms with Gasteiger partial charge in [0.1, 0.15) is 23.9 Å². The summed E-state index contributed by atoms with van der Waals surface area (Å²) in [6.07, 6.45) is 3.47. The van der Waals surface area contributed by atoms with Crippen LogP contribution in [0.5, 0.6) is 11.5 Å². The molecule has 4 nitrogen and oxygen atoms in total. The van der Waals surface area contributed by atoms with E-state index in [1.54, 1.807) is 17.7 Å². The lowest BCUT2D eigenvalue weighted by Crippen LogP contribution is -2.29. The molecule has 0 aliphatic carbocycles. The average Bonchev–Trinajstić information content (AvgIpc) is 3.02. The first-order chi connectivity index (χ1) is 10.4. The summed E-state index contributed by atoms with van der Waals surface area (Å²) in [4.78, 5) is 9.73. The van der Waals surface area contributed by atoms with Gasteiger partial charge in [0.25, 0.3) is 0 Å². The predicted octanol–water partition coefficient (Wildman–Crippen LogP) is 3.46. The van der Waals surface area contributed by atoms with Crippen LogP contribution in [-0.4, -0.2) is 22.7 Å². The van der Waals surface area contributed by atoms with Crippen molar-refractivity contribution in [2.75, 3.05) is 6.61 Å². The molecule has 0 bridgehead atoms. The fourth-order valence-electron chi connectivity index (χ4n) is 2.54. The molecule has 0 saturated heterocycles. The second-order valence-electron chi connectivity index (χ2n) is 5.00. The fourth-order valence-corrected chi connectivity index (χ4v) is 3.30. The Hall–Kier alpha value is -2.14. The zero-order valence-corrected chi connectivity index (χ0v) is 12.2. The van der Waals surface area contributed by atoms with Crippen molar-refractivity contribution in [1.82, 2.24) is 9.97 Å². The number of hydrogen-bond acceptors (Lipinski definition) is 5. The largest absolute Gasteiger partial charge is 0.486 e. The molecule has 1 unspecified atom stereocenters. The lowest BCUT2D eigenvalue weighted by molar-refractivity contribution is 0.0850. The van der Waals surface area contributed by atoms with Crippen LogP contribution in [0.3, 0.4) is 0 Å². The second kappa shape index (κ2) is 5.33. The molecule has 1 aromatic carbocycles. The highest BCUT2D eigenvalue weighted by Gasteiger charge is 2.20. The number of benzene rings is 1. The van der Waals surface area contributed by atoms with E-state index in [2.05, 4.69) is 21.4 Å². The summed E-state index contributed by atoms with van der Waals surface area (Å²) in [6.45, 7) is 0.592. The van der Waals surface area contributed by atoms with Gasteiger partial charge in [-0.2, -0.15) is 0 Å². The van der Waals surface area contributed by atoms with Gasteiger partial charge in [-0.1, -0.05) is 12.1 Å². The lowest BCUT2D eigenvalue weighted by Gasteiger charge is -2.26. The van der Waals surface area contributed by atoms with Crippen LogP contribution >= 0.6 is 11.3 Å². The molecule has 21 heavy (non-hydrogen) atoms. The first-order valence-corrected chi connectivity index (χ1v) is 7.84. The number of hydrogen-bond donors (Lipinski definition) is 0. The van der Waals surface area contributed by atoms with Crippen molar-refractivity contribution < 1.29 is 9.47 Å². The Labute approximate surface area is 126 Å². The number of para-hydroxylation sites is 2. The van der Waals surface area contributed by atoms with Gasteiger partial charge in [-0.25, -0.2) is 9.97 Å². The monoisotopic (exact) mass is 298 g/mol. The van der Waals surface area contributed by atoms with E-state index in [4.69, 9.17) is 9.47 Å². The van der Waals surface area contributed by atoms with Crippen LogP contribution in [0.15, 0.2) is 42.0 Å². The molecule has 2 aromatic heterocycles. The first kappa shape index (κ1) is 12.6. The molecule has 106 valence electrons. The SMILES string of the molecule is c1ccc2c(c1)OCC(CCc1ncnc3sccc13)O2. The average molecular weight is 298 g/mol. The van der Waals surface area contributed by atoms with E-state index < -0.39 is 0 Å². The van der Waals surface area contributed by atoms with Gasteiger partial charge in [-0.3, -0.25) is 0 Å². The lowest BCUT2D eigenvalue weighted by atomic mass is 10.1. The minimum atomic E-state index is 0.0727. The second-order valence-corrected chi connectivity index (χ2v) is 5.89. The molecule has 0 N–H and O–H groups in total. The summed E-state index contributed by atoms with van der Waals surface area (Å²) in [6, 6.07) is 9.89. The molecule has 0 amide bonds. The Morgan fingerprint density at radius 3 is 3.00 bits per heavy atom. The fraction of sp³-hybridized carbons (Fsp3) is 0.250. The number of nitrogens with zero attached hydrogens (tertiary/aromatic N) is 2. The molecular formula is C16H14N2O2S. The van der Waals surface area contributed by atoms with E-state index in [9.17, 15) is 0 Å². The number of fused-ring (bicyclic) bond motifs is 2. The molecule has 1 atom stereocenters. The maximum Gasteiger partial charge on any atom is 0.161 e. The van der Waals surface area contributed by atoms with Crippen LogP contribution in [0.1, 0.15) is 12.1 Å². The predicted molar refractivity (Wildman–Crippen MR) is 82.1 cm³/mol. The van der Waals surface area contributed by atoms with Crippen LogP contribution in [0.4, 0.5) is 0 Å². The number of aryl methyl sites for hydroxylation is 1. The van der Waals surface area contributed by atoms with E-state index in [1.807, 2.05) is 24.3 Å². The van der Waals surface area contributed by atoms with Gasteiger partial charge in [-0.05, 0) is 36.4 Å². The number of thiophene rings is 1. The van der Waals surface area contributed by atoms with Crippen LogP contribution < -0.4 is 9.47 Å². The molecule has 0 fully saturated rings. The topological polar surface area (TPSA) is 44.2 Å². The van der Waals surface area contributed by atoms with E-state index in [1.165, 1.54) is 0 Å². The van der Waals surface area contributed by atoms with E-state index >= 15 is 0 Å². The molecular weight excluding hydrogens is 284 g/mol. The molecule has 3 heterocycles. The standard InChI is InChI=1S/C16H14N2O2S/c1-2-4-15-14(3-1)19-9-11(20-15)5-6-13-12-7-8-21-16(12)18-10-17-13/h1-4,7-8,10-11H,5-6,9H2. The van der Waals surface area contributed by atoms with E-state index in [0.29, 0.717) is 6.61 Å². The number of ether oxygens (including phenoxy) is 2. The molecule has 1 aliphatic rings. The highest BCUT2D eigenvalue weighted by atomic mass is 32.1. The Morgan fingerprint density at radius 2 is 2.05 bits per heavy atom. The van der Waals surface area contributed by atoms with Crippen molar-refractivity contribution in [2.45, 2.75) is 18.9 Å². The molecule has 0 saturated carbocycles. The molecule has 0 spiro atoms. The molecule has 5 heteroatoms. The van der Waals surface area contributed by atoms with Crippen molar-refractivity contribution in [1.29, 1.82) is 0 Å². The zero-order chi connectivity index (χ0) is 14.1. The molecule has 1 aliphatic heterocycles. The van der Waals surface area contributed by atoms with Gasteiger partial charge in [0.15, 0.2) is 11.5 Å². The highest BCUT2D eigenvalue weighted by Crippen LogP contribution is 2.32. The Bertz CT molecular complexity index is 772. The summed E-state index contributed by atoms with van der Waals surface area (Å²) in [5.74, 6) is 1.66. The van der Waals surface area contributed by atoms with Crippen molar-refractivity contribution in [3.63, 3.8) is 0 Å². The molecule has 3 aromatic rings.